The van der Waals surface area contributed by atoms with Crippen molar-refractivity contribution in [3.63, 3.8) is 0 Å². The van der Waals surface area contributed by atoms with E-state index in [1.165, 1.54) is 5.56 Å². The number of amides is 1. The summed E-state index contributed by atoms with van der Waals surface area (Å²) in [6.07, 6.45) is 1.48. The smallest absolute Gasteiger partial charge is 0.230 e. The second kappa shape index (κ2) is 11.1. The number of piperazine rings is 1. The van der Waals surface area contributed by atoms with Gasteiger partial charge in [-0.25, -0.2) is 0 Å². The van der Waals surface area contributed by atoms with Gasteiger partial charge < -0.3 is 20.1 Å². The molecule has 8 heteroatoms. The summed E-state index contributed by atoms with van der Waals surface area (Å²) in [7, 11) is 1.70. The molecule has 2 saturated heterocycles. The summed E-state index contributed by atoms with van der Waals surface area (Å²) in [6, 6.07) is 8.11. The lowest BCUT2D eigenvalue weighted by Crippen LogP contribution is -2.56. The monoisotopic (exact) mass is 419 g/mol. The van der Waals surface area contributed by atoms with E-state index in [9.17, 15) is 4.79 Å². The van der Waals surface area contributed by atoms with Crippen LogP contribution in [0.15, 0.2) is 24.3 Å². The van der Waals surface area contributed by atoms with E-state index in [1.54, 1.807) is 7.11 Å². The first kappa shape index (κ1) is 24.0. The highest BCUT2D eigenvalue weighted by atomic mass is 35.5. The lowest BCUT2D eigenvalue weighted by Gasteiger charge is -2.42. The first-order valence-electron chi connectivity index (χ1n) is 9.10. The maximum Gasteiger partial charge on any atom is 0.230 e. The largest absolute Gasteiger partial charge is 0.496 e. The Labute approximate surface area is 174 Å². The molecule has 0 saturated carbocycles. The van der Waals surface area contributed by atoms with Gasteiger partial charge in [0.25, 0.3) is 0 Å². The Morgan fingerprint density at radius 3 is 2.37 bits per heavy atom. The number of halogens is 2. The summed E-state index contributed by atoms with van der Waals surface area (Å²) in [4.78, 5) is 17.4. The van der Waals surface area contributed by atoms with Crippen LogP contribution < -0.4 is 10.5 Å². The highest BCUT2D eigenvalue weighted by molar-refractivity contribution is 5.85. The first-order valence-corrected chi connectivity index (χ1v) is 9.10. The fourth-order valence-electron chi connectivity index (χ4n) is 3.79. The summed E-state index contributed by atoms with van der Waals surface area (Å²) in [6.45, 7) is 5.81. The number of para-hydroxylation sites is 1. The van der Waals surface area contributed by atoms with Gasteiger partial charge >= 0.3 is 0 Å². The van der Waals surface area contributed by atoms with Gasteiger partial charge in [-0.05, 0) is 18.9 Å². The van der Waals surface area contributed by atoms with Gasteiger partial charge in [-0.2, -0.15) is 0 Å². The first-order chi connectivity index (χ1) is 12.2. The third-order valence-electron chi connectivity index (χ3n) is 5.54. The summed E-state index contributed by atoms with van der Waals surface area (Å²) >= 11 is 0. The minimum absolute atomic E-state index is 0. The molecule has 0 unspecified atom stereocenters. The normalized spacial score (nSPS) is 19.6. The lowest BCUT2D eigenvalue weighted by molar-refractivity contribution is -0.149. The van der Waals surface area contributed by atoms with Crippen LogP contribution in [0.3, 0.4) is 0 Å². The number of hydrogen-bond acceptors (Lipinski definition) is 5. The maximum atomic E-state index is 13.0. The van der Waals surface area contributed by atoms with Crippen molar-refractivity contribution < 1.29 is 14.3 Å². The Balaban J connectivity index is 0.00000182. The van der Waals surface area contributed by atoms with Gasteiger partial charge in [0, 0.05) is 58.0 Å². The average molecular weight is 420 g/mol. The van der Waals surface area contributed by atoms with Crippen LogP contribution in [0.25, 0.3) is 0 Å². The van der Waals surface area contributed by atoms with E-state index in [0.717, 1.165) is 51.3 Å². The molecule has 0 radical (unpaired) electrons. The summed E-state index contributed by atoms with van der Waals surface area (Å²) in [5.74, 6) is 1.14. The Bertz CT molecular complexity index is 589. The number of methoxy groups -OCH3 is 1. The van der Waals surface area contributed by atoms with Crippen LogP contribution in [0.4, 0.5) is 0 Å². The van der Waals surface area contributed by atoms with E-state index in [0.29, 0.717) is 19.8 Å². The van der Waals surface area contributed by atoms with Crippen molar-refractivity contribution in [1.82, 2.24) is 9.80 Å². The topological polar surface area (TPSA) is 68.0 Å². The Hall–Kier alpha value is -1.05. The highest BCUT2D eigenvalue weighted by Crippen LogP contribution is 2.32. The average Bonchev–Trinajstić information content (AvgIpc) is 2.69. The third-order valence-corrected chi connectivity index (χ3v) is 5.54. The van der Waals surface area contributed by atoms with Gasteiger partial charge in [-0.3, -0.25) is 9.69 Å². The Morgan fingerprint density at radius 2 is 1.78 bits per heavy atom. The van der Waals surface area contributed by atoms with E-state index < -0.39 is 5.41 Å². The van der Waals surface area contributed by atoms with E-state index >= 15 is 0 Å². The molecular formula is C19H31Cl2N3O3. The summed E-state index contributed by atoms with van der Waals surface area (Å²) in [5, 5.41) is 0. The van der Waals surface area contributed by atoms with Crippen molar-refractivity contribution in [2.75, 3.05) is 53.0 Å². The van der Waals surface area contributed by atoms with Crippen molar-refractivity contribution in [2.24, 2.45) is 11.1 Å². The molecule has 0 aliphatic carbocycles. The van der Waals surface area contributed by atoms with Gasteiger partial charge in [0.2, 0.25) is 5.91 Å². The molecule has 2 fully saturated rings. The van der Waals surface area contributed by atoms with E-state index in [-0.39, 0.29) is 30.7 Å². The number of nitrogens with two attached hydrogens (primary N) is 1. The zero-order valence-electron chi connectivity index (χ0n) is 15.9. The number of carbonyl (C=O) groups is 1. The molecule has 2 heterocycles. The molecule has 0 bridgehead atoms. The molecule has 27 heavy (non-hydrogen) atoms. The zero-order chi connectivity index (χ0) is 17.7. The highest BCUT2D eigenvalue weighted by Gasteiger charge is 2.42. The van der Waals surface area contributed by atoms with Crippen LogP contribution >= 0.6 is 24.8 Å². The predicted octanol–water partition coefficient (Wildman–Crippen LogP) is 1.94. The fraction of sp³-hybridized carbons (Fsp3) is 0.632. The Kier molecular flexibility index (Phi) is 9.84. The van der Waals surface area contributed by atoms with Gasteiger partial charge in [-0.1, -0.05) is 18.2 Å². The van der Waals surface area contributed by atoms with Gasteiger partial charge in [-0.15, -0.1) is 24.8 Å². The molecule has 0 aromatic heterocycles. The van der Waals surface area contributed by atoms with Crippen molar-refractivity contribution in [3.8, 4) is 5.75 Å². The molecular weight excluding hydrogens is 389 g/mol. The molecule has 1 aromatic carbocycles. The minimum atomic E-state index is -0.414. The number of carbonyl (C=O) groups excluding carboxylic acids is 1. The second-order valence-corrected chi connectivity index (χ2v) is 6.98. The second-order valence-electron chi connectivity index (χ2n) is 6.98. The molecule has 0 atom stereocenters. The molecule has 1 aromatic rings. The molecule has 3 rings (SSSR count). The van der Waals surface area contributed by atoms with Crippen LogP contribution in [-0.2, 0) is 16.1 Å². The zero-order valence-corrected chi connectivity index (χ0v) is 17.5. The van der Waals surface area contributed by atoms with Gasteiger partial charge in [0.15, 0.2) is 0 Å². The molecule has 2 N–H and O–H groups in total. The van der Waals surface area contributed by atoms with Crippen LogP contribution in [0.1, 0.15) is 18.4 Å². The fourth-order valence-corrected chi connectivity index (χ4v) is 3.79. The van der Waals surface area contributed by atoms with E-state index in [1.807, 2.05) is 23.1 Å². The quantitative estimate of drug-likeness (QED) is 0.789. The molecule has 2 aliphatic rings. The lowest BCUT2D eigenvalue weighted by atomic mass is 9.78. The third kappa shape index (κ3) is 5.48. The summed E-state index contributed by atoms with van der Waals surface area (Å²) in [5.41, 5.74) is 6.75. The van der Waals surface area contributed by atoms with Crippen LogP contribution in [0, 0.1) is 5.41 Å². The molecule has 1 amide bonds. The van der Waals surface area contributed by atoms with Crippen molar-refractivity contribution in [3.05, 3.63) is 29.8 Å². The molecule has 2 aliphatic heterocycles. The Morgan fingerprint density at radius 1 is 1.15 bits per heavy atom. The van der Waals surface area contributed by atoms with Crippen LogP contribution in [-0.4, -0.2) is 68.8 Å². The standard InChI is InChI=1S/C19H29N3O3.2ClH/c1-24-17-5-3-2-4-16(17)14-21-8-10-22(11-9-21)18(23)19(15-20)6-12-25-13-7-19;;/h2-5H,6-15,20H2,1H3;2*1H. The number of hydrogen-bond donors (Lipinski definition) is 1. The van der Waals surface area contributed by atoms with Crippen LogP contribution in [0.5, 0.6) is 5.75 Å². The van der Waals surface area contributed by atoms with Crippen molar-refractivity contribution in [1.29, 1.82) is 0 Å². The SMILES string of the molecule is COc1ccccc1CN1CCN(C(=O)C2(CN)CCOCC2)CC1.Cl.Cl. The minimum Gasteiger partial charge on any atom is -0.496 e. The molecule has 0 spiro atoms. The van der Waals surface area contributed by atoms with Crippen LogP contribution in [0.2, 0.25) is 0 Å². The number of benzene rings is 1. The van der Waals surface area contributed by atoms with E-state index in [2.05, 4.69) is 11.0 Å². The van der Waals surface area contributed by atoms with Crippen molar-refractivity contribution >= 4 is 30.7 Å². The number of rotatable bonds is 5. The number of ether oxygens (including phenoxy) is 2. The molecule has 154 valence electrons. The predicted molar refractivity (Wildman–Crippen MR) is 111 cm³/mol. The maximum absolute atomic E-state index is 13.0. The summed E-state index contributed by atoms with van der Waals surface area (Å²) < 4.78 is 10.9. The van der Waals surface area contributed by atoms with E-state index in [4.69, 9.17) is 15.2 Å². The van der Waals surface area contributed by atoms with Crippen molar-refractivity contribution in [2.45, 2.75) is 19.4 Å². The molecule has 6 nitrogen and oxygen atoms in total. The number of nitrogens with zero attached hydrogens (tertiary/aromatic N) is 2. The van der Waals surface area contributed by atoms with Gasteiger partial charge in [0.1, 0.15) is 5.75 Å². The van der Waals surface area contributed by atoms with Gasteiger partial charge in [0.05, 0.1) is 12.5 Å².